The zero-order valence-electron chi connectivity index (χ0n) is 11.0. The summed E-state index contributed by atoms with van der Waals surface area (Å²) in [4.78, 5) is 0. The predicted molar refractivity (Wildman–Crippen MR) is 71.2 cm³/mol. The Balaban J connectivity index is 2.33. The molecular weight excluding hydrogens is 269 g/mol. The number of hydrogen-bond acceptors (Lipinski definition) is 4. The Morgan fingerprint density at radius 2 is 2.16 bits per heavy atom. The molecule has 0 unspecified atom stereocenters. The van der Waals surface area contributed by atoms with Crippen LogP contribution in [0.3, 0.4) is 0 Å². The molecule has 4 nitrogen and oxygen atoms in total. The molecular formula is C13H18FNO3S. The van der Waals surface area contributed by atoms with Crippen LogP contribution in [0.25, 0.3) is 0 Å². The molecule has 1 aromatic rings. The number of sulfone groups is 1. The molecule has 1 fully saturated rings. The van der Waals surface area contributed by atoms with Crippen LogP contribution >= 0.6 is 0 Å². The second kappa shape index (κ2) is 4.85. The van der Waals surface area contributed by atoms with Crippen LogP contribution in [0.1, 0.15) is 18.4 Å². The number of nitrogens with two attached hydrogens (primary N) is 1. The number of halogens is 1. The lowest BCUT2D eigenvalue weighted by atomic mass is 10.1. The second-order valence-electron chi connectivity index (χ2n) is 5.03. The van der Waals surface area contributed by atoms with Crippen molar-refractivity contribution in [3.63, 3.8) is 0 Å². The van der Waals surface area contributed by atoms with E-state index in [0.717, 1.165) is 6.26 Å². The average Bonchev–Trinajstić information content (AvgIpc) is 2.94. The first-order valence-electron chi connectivity index (χ1n) is 6.11. The van der Waals surface area contributed by atoms with Gasteiger partial charge in [0.05, 0.1) is 17.4 Å². The molecule has 0 heterocycles. The van der Waals surface area contributed by atoms with E-state index < -0.39 is 32.4 Å². The van der Waals surface area contributed by atoms with Gasteiger partial charge in [-0.1, -0.05) is 12.1 Å². The van der Waals surface area contributed by atoms with Gasteiger partial charge >= 0.3 is 0 Å². The van der Waals surface area contributed by atoms with Gasteiger partial charge in [0.1, 0.15) is 5.82 Å². The Labute approximate surface area is 112 Å². The summed E-state index contributed by atoms with van der Waals surface area (Å²) in [6.45, 7) is 2.44. The zero-order valence-corrected chi connectivity index (χ0v) is 11.8. The predicted octanol–water partition coefficient (Wildman–Crippen LogP) is 1.07. The Morgan fingerprint density at radius 1 is 1.47 bits per heavy atom. The number of ether oxygens (including phenoxy) is 1. The molecule has 2 N–H and O–H groups in total. The molecule has 0 saturated heterocycles. The fraction of sp³-hybridized carbons (Fsp3) is 0.538. The van der Waals surface area contributed by atoms with Crippen LogP contribution in [0.2, 0.25) is 0 Å². The summed E-state index contributed by atoms with van der Waals surface area (Å²) >= 11 is 0. The first-order chi connectivity index (χ1) is 8.80. The van der Waals surface area contributed by atoms with Gasteiger partial charge in [-0.3, -0.25) is 0 Å². The maximum atomic E-state index is 13.3. The van der Waals surface area contributed by atoms with Crippen molar-refractivity contribution in [2.24, 2.45) is 5.73 Å². The molecule has 0 amide bonds. The van der Waals surface area contributed by atoms with Gasteiger partial charge in [0.15, 0.2) is 9.84 Å². The van der Waals surface area contributed by atoms with Gasteiger partial charge in [-0.2, -0.15) is 0 Å². The molecule has 0 aromatic heterocycles. The molecule has 6 heteroatoms. The van der Waals surface area contributed by atoms with Crippen molar-refractivity contribution < 1.29 is 17.5 Å². The normalized spacial score (nSPS) is 30.3. The monoisotopic (exact) mass is 287 g/mol. The third-order valence-electron chi connectivity index (χ3n) is 3.53. The quantitative estimate of drug-likeness (QED) is 0.879. The summed E-state index contributed by atoms with van der Waals surface area (Å²) < 4.78 is 42.2. The largest absolute Gasteiger partial charge is 0.380 e. The Hall–Kier alpha value is -0.980. The lowest BCUT2D eigenvalue weighted by molar-refractivity contribution is 0.125. The minimum atomic E-state index is -3.31. The first kappa shape index (κ1) is 14.4. The summed E-state index contributed by atoms with van der Waals surface area (Å²) in [5.41, 5.74) is 5.81. The SMILES string of the molecule is CCOC[C@@]1(N)[C@@H](c2cccc(F)c2)[C@@H]1S(C)(=O)=O. The summed E-state index contributed by atoms with van der Waals surface area (Å²) in [6, 6.07) is 5.92. The Morgan fingerprint density at radius 3 is 2.68 bits per heavy atom. The van der Waals surface area contributed by atoms with E-state index in [1.807, 2.05) is 6.92 Å². The molecule has 1 aromatic carbocycles. The summed E-state index contributed by atoms with van der Waals surface area (Å²) in [6.07, 6.45) is 1.16. The smallest absolute Gasteiger partial charge is 0.152 e. The standard InChI is InChI=1S/C13H18FNO3S/c1-3-18-8-13(15)11(12(13)19(2,16)17)9-5-4-6-10(14)7-9/h4-7,11-12H,3,8,15H2,1-2H3/t11-,12-,13+/m0/s1. The van der Waals surface area contributed by atoms with E-state index in [1.54, 1.807) is 12.1 Å². The highest BCUT2D eigenvalue weighted by Crippen LogP contribution is 2.54. The van der Waals surface area contributed by atoms with Crippen molar-refractivity contribution in [1.29, 1.82) is 0 Å². The van der Waals surface area contributed by atoms with Gasteiger partial charge in [0, 0.05) is 18.8 Å². The molecule has 106 valence electrons. The maximum absolute atomic E-state index is 13.3. The molecule has 1 aliphatic carbocycles. The molecule has 0 bridgehead atoms. The first-order valence-corrected chi connectivity index (χ1v) is 8.07. The highest BCUT2D eigenvalue weighted by atomic mass is 32.2. The van der Waals surface area contributed by atoms with E-state index in [4.69, 9.17) is 10.5 Å². The lowest BCUT2D eigenvalue weighted by Crippen LogP contribution is -2.36. The fourth-order valence-electron chi connectivity index (χ4n) is 2.70. The van der Waals surface area contributed by atoms with E-state index in [9.17, 15) is 12.8 Å². The van der Waals surface area contributed by atoms with E-state index in [-0.39, 0.29) is 6.61 Å². The molecule has 0 radical (unpaired) electrons. The molecule has 0 spiro atoms. The molecule has 1 saturated carbocycles. The van der Waals surface area contributed by atoms with Crippen LogP contribution in [-0.2, 0) is 14.6 Å². The Bertz CT molecular complexity index is 575. The van der Waals surface area contributed by atoms with Crippen molar-refractivity contribution >= 4 is 9.84 Å². The lowest BCUT2D eigenvalue weighted by Gasteiger charge is -2.11. The molecule has 2 rings (SSSR count). The number of hydrogen-bond donors (Lipinski definition) is 1. The van der Waals surface area contributed by atoms with Gasteiger partial charge in [-0.05, 0) is 24.6 Å². The van der Waals surface area contributed by atoms with Crippen LogP contribution in [0, 0.1) is 5.82 Å². The summed E-state index contributed by atoms with van der Waals surface area (Å²) in [5, 5.41) is -0.714. The summed E-state index contributed by atoms with van der Waals surface area (Å²) in [5.74, 6) is -0.805. The van der Waals surface area contributed by atoms with E-state index >= 15 is 0 Å². The molecule has 19 heavy (non-hydrogen) atoms. The van der Waals surface area contributed by atoms with Crippen molar-refractivity contribution in [2.45, 2.75) is 23.6 Å². The average molecular weight is 287 g/mol. The van der Waals surface area contributed by atoms with Gasteiger partial charge < -0.3 is 10.5 Å². The van der Waals surface area contributed by atoms with Gasteiger partial charge in [0.2, 0.25) is 0 Å². The van der Waals surface area contributed by atoms with Crippen LogP contribution in [-0.4, -0.2) is 38.7 Å². The Kier molecular flexibility index (Phi) is 3.68. The highest BCUT2D eigenvalue weighted by Gasteiger charge is 2.68. The third kappa shape index (κ3) is 2.66. The topological polar surface area (TPSA) is 69.4 Å². The van der Waals surface area contributed by atoms with Crippen molar-refractivity contribution in [1.82, 2.24) is 0 Å². The van der Waals surface area contributed by atoms with E-state index in [1.165, 1.54) is 12.1 Å². The number of rotatable bonds is 5. The second-order valence-corrected chi connectivity index (χ2v) is 7.20. The van der Waals surface area contributed by atoms with Crippen LogP contribution < -0.4 is 5.73 Å². The van der Waals surface area contributed by atoms with Gasteiger partial charge in [0.25, 0.3) is 0 Å². The van der Waals surface area contributed by atoms with Gasteiger partial charge in [-0.15, -0.1) is 0 Å². The van der Waals surface area contributed by atoms with E-state index in [2.05, 4.69) is 0 Å². The van der Waals surface area contributed by atoms with Crippen LogP contribution in [0.15, 0.2) is 24.3 Å². The zero-order chi connectivity index (χ0) is 14.3. The molecule has 3 atom stereocenters. The van der Waals surface area contributed by atoms with E-state index in [0.29, 0.717) is 12.2 Å². The minimum Gasteiger partial charge on any atom is -0.380 e. The van der Waals surface area contributed by atoms with Crippen LogP contribution in [0.4, 0.5) is 4.39 Å². The fourth-order valence-corrected chi connectivity index (χ4v) is 4.54. The van der Waals surface area contributed by atoms with Crippen LogP contribution in [0.5, 0.6) is 0 Å². The highest BCUT2D eigenvalue weighted by molar-refractivity contribution is 7.91. The summed E-state index contributed by atoms with van der Waals surface area (Å²) in [7, 11) is -3.31. The number of benzene rings is 1. The molecule has 1 aliphatic rings. The maximum Gasteiger partial charge on any atom is 0.152 e. The minimum absolute atomic E-state index is 0.155. The van der Waals surface area contributed by atoms with Crippen molar-refractivity contribution in [3.8, 4) is 0 Å². The van der Waals surface area contributed by atoms with Crippen molar-refractivity contribution in [2.75, 3.05) is 19.5 Å². The molecule has 0 aliphatic heterocycles. The third-order valence-corrected chi connectivity index (χ3v) is 5.16. The van der Waals surface area contributed by atoms with Crippen molar-refractivity contribution in [3.05, 3.63) is 35.6 Å². The van der Waals surface area contributed by atoms with Gasteiger partial charge in [-0.25, -0.2) is 12.8 Å².